The van der Waals surface area contributed by atoms with Gasteiger partial charge in [0.1, 0.15) is 24.7 Å². The number of aliphatic hydroxyl groups excluding tert-OH is 1. The van der Waals surface area contributed by atoms with Crippen molar-refractivity contribution >= 4 is 47.3 Å². The lowest BCUT2D eigenvalue weighted by atomic mass is 10.1. The van der Waals surface area contributed by atoms with Crippen molar-refractivity contribution in [3.05, 3.63) is 0 Å². The maximum Gasteiger partial charge on any atom is 0.316 e. The summed E-state index contributed by atoms with van der Waals surface area (Å²) in [5.74, 6) is -3.86. The number of nitrogens with two attached hydrogens (primary N) is 1. The van der Waals surface area contributed by atoms with Crippen LogP contribution in [0, 0.1) is 0 Å². The molecule has 1 saturated heterocycles. The summed E-state index contributed by atoms with van der Waals surface area (Å²) in [5, 5.41) is 19.2. The van der Waals surface area contributed by atoms with Crippen LogP contribution < -0.4 is 37.9 Å². The molecule has 0 aromatic rings. The van der Waals surface area contributed by atoms with Crippen molar-refractivity contribution < 1.29 is 43.3 Å². The number of hydrogen-bond acceptors (Lipinski definition) is 10. The Bertz CT molecular complexity index is 799. The fourth-order valence-electron chi connectivity index (χ4n) is 2.78. The van der Waals surface area contributed by atoms with Crippen LogP contribution in [0.3, 0.4) is 0 Å². The number of carbonyl (C=O) groups excluding carboxylic acids is 6. The highest BCUT2D eigenvalue weighted by Crippen LogP contribution is 1.99. The quantitative estimate of drug-likeness (QED) is 0.168. The Kier molecular flexibility index (Phi) is 14.2. The highest BCUT2D eigenvalue weighted by atomic mass is 32.2. The minimum atomic E-state index is -1.54. The third-order valence-electron chi connectivity index (χ3n) is 4.52. The van der Waals surface area contributed by atoms with Crippen molar-refractivity contribution in [3.63, 3.8) is 0 Å². The molecule has 0 radical (unpaired) electrons. The summed E-state index contributed by atoms with van der Waals surface area (Å²) in [6, 6.07) is -5.03. The SMILES string of the molecule is CSC[C@@H]1NC(=O)COCCOCCNC(=O)[C@H](C(C)O)NC(=O)N[C@@H](CC(N)=O)C(=O)NNC1=O. The number of primary amides is 1. The first-order chi connectivity index (χ1) is 17.0. The number of amides is 7. The van der Waals surface area contributed by atoms with E-state index in [1.807, 2.05) is 0 Å². The third kappa shape index (κ3) is 12.0. The normalized spacial score (nSPS) is 25.0. The van der Waals surface area contributed by atoms with Crippen LogP contribution in [0.5, 0.6) is 0 Å². The molecule has 16 nitrogen and oxygen atoms in total. The zero-order chi connectivity index (χ0) is 27.1. The molecule has 7 amide bonds. The smallest absolute Gasteiger partial charge is 0.316 e. The van der Waals surface area contributed by atoms with E-state index in [9.17, 15) is 33.9 Å². The number of ether oxygens (including phenoxy) is 2. The molecule has 9 N–H and O–H groups in total. The van der Waals surface area contributed by atoms with Gasteiger partial charge in [-0.3, -0.25) is 34.8 Å². The molecular weight excluding hydrogens is 502 g/mol. The van der Waals surface area contributed by atoms with Crippen LogP contribution in [0.1, 0.15) is 13.3 Å². The number of nitrogens with one attached hydrogen (secondary N) is 6. The average molecular weight is 536 g/mol. The molecule has 4 atom stereocenters. The van der Waals surface area contributed by atoms with E-state index in [1.54, 1.807) is 6.26 Å². The lowest BCUT2D eigenvalue weighted by molar-refractivity contribution is -0.134. The standard InChI is InChI=1S/C19H33N7O9S/c1-10(27)15-18(32)21-3-4-34-5-6-35-8-14(29)22-12(9-36-2)17(31)26-25-16(30)11(7-13(20)28)23-19(33)24-15/h10-12,15,27H,3-9H2,1-2H3,(H2,20,28)(H,21,32)(H,22,29)(H,25,30)(H,26,31)(H2,23,24,33)/t10?,11-,12-,15-/m0/s1. The molecular formula is C19H33N7O9S. The highest BCUT2D eigenvalue weighted by Gasteiger charge is 2.29. The number of thioether (sulfide) groups is 1. The summed E-state index contributed by atoms with van der Waals surface area (Å²) in [6.45, 7) is 1.23. The number of hydrogen-bond donors (Lipinski definition) is 8. The molecule has 0 aromatic carbocycles. The van der Waals surface area contributed by atoms with E-state index in [2.05, 4.69) is 32.1 Å². The first-order valence-electron chi connectivity index (χ1n) is 10.9. The van der Waals surface area contributed by atoms with Crippen LogP contribution >= 0.6 is 11.8 Å². The lowest BCUT2D eigenvalue weighted by Crippen LogP contribution is -2.60. The van der Waals surface area contributed by atoms with Crippen molar-refractivity contribution in [1.82, 2.24) is 32.1 Å². The molecule has 1 unspecified atom stereocenters. The van der Waals surface area contributed by atoms with E-state index in [-0.39, 0.29) is 38.7 Å². The van der Waals surface area contributed by atoms with Crippen molar-refractivity contribution in [1.29, 1.82) is 0 Å². The van der Waals surface area contributed by atoms with Gasteiger partial charge in [-0.1, -0.05) is 0 Å². The van der Waals surface area contributed by atoms with E-state index < -0.39 is 66.2 Å². The van der Waals surface area contributed by atoms with Gasteiger partial charge in [0.25, 0.3) is 11.8 Å². The predicted octanol–water partition coefficient (Wildman–Crippen LogP) is -4.56. The highest BCUT2D eigenvalue weighted by molar-refractivity contribution is 7.98. The first kappa shape index (κ1) is 30.9. The van der Waals surface area contributed by atoms with E-state index in [4.69, 9.17) is 15.2 Å². The minimum absolute atomic E-state index is 0.0443. The fourth-order valence-corrected chi connectivity index (χ4v) is 3.35. The first-order valence-corrected chi connectivity index (χ1v) is 12.3. The summed E-state index contributed by atoms with van der Waals surface area (Å²) in [5.41, 5.74) is 9.32. The van der Waals surface area contributed by atoms with Crippen LogP contribution in [-0.4, -0.2) is 110 Å². The number of rotatable bonds is 5. The summed E-state index contributed by atoms with van der Waals surface area (Å²) in [7, 11) is 0. The second-order valence-electron chi connectivity index (χ2n) is 7.57. The van der Waals surface area contributed by atoms with E-state index in [0.717, 1.165) is 0 Å². The molecule has 0 spiro atoms. The fraction of sp³-hybridized carbons (Fsp3) is 0.684. The topological polar surface area (TPSA) is 239 Å². The molecule has 0 aliphatic carbocycles. The second-order valence-corrected chi connectivity index (χ2v) is 8.48. The number of urea groups is 1. The molecule has 204 valence electrons. The molecule has 1 heterocycles. The van der Waals surface area contributed by atoms with Crippen LogP contribution in [0.4, 0.5) is 4.79 Å². The Morgan fingerprint density at radius 2 is 1.64 bits per heavy atom. The number of hydrazine groups is 1. The molecule has 0 bridgehead atoms. The second kappa shape index (κ2) is 16.5. The summed E-state index contributed by atoms with van der Waals surface area (Å²) < 4.78 is 10.5. The average Bonchev–Trinajstić information content (AvgIpc) is 2.80. The molecule has 0 saturated carbocycles. The monoisotopic (exact) mass is 535 g/mol. The molecule has 1 fully saturated rings. The van der Waals surface area contributed by atoms with E-state index in [0.29, 0.717) is 0 Å². The largest absolute Gasteiger partial charge is 0.391 e. The van der Waals surface area contributed by atoms with Crippen LogP contribution in [0.15, 0.2) is 0 Å². The summed E-state index contributed by atoms with van der Waals surface area (Å²) >= 11 is 1.26. The molecule has 17 heteroatoms. The van der Waals surface area contributed by atoms with Gasteiger partial charge in [0.15, 0.2) is 0 Å². The molecule has 1 aliphatic heterocycles. The van der Waals surface area contributed by atoms with Gasteiger partial charge < -0.3 is 41.6 Å². The van der Waals surface area contributed by atoms with E-state index >= 15 is 0 Å². The Morgan fingerprint density at radius 3 is 2.25 bits per heavy atom. The Balaban J connectivity index is 3.02. The van der Waals surface area contributed by atoms with Crippen LogP contribution in [0.2, 0.25) is 0 Å². The van der Waals surface area contributed by atoms with Crippen molar-refractivity contribution in [2.75, 3.05) is 45.0 Å². The van der Waals surface area contributed by atoms with Gasteiger partial charge in [-0.15, -0.1) is 0 Å². The lowest BCUT2D eigenvalue weighted by Gasteiger charge is -2.23. The zero-order valence-corrected chi connectivity index (χ0v) is 20.8. The summed E-state index contributed by atoms with van der Waals surface area (Å²) in [4.78, 5) is 73.3. The predicted molar refractivity (Wildman–Crippen MR) is 126 cm³/mol. The van der Waals surface area contributed by atoms with E-state index in [1.165, 1.54) is 18.7 Å². The van der Waals surface area contributed by atoms with Crippen LogP contribution in [-0.2, 0) is 33.4 Å². The molecule has 0 aromatic heterocycles. The van der Waals surface area contributed by atoms with Gasteiger partial charge in [0, 0.05) is 12.3 Å². The number of aliphatic hydroxyl groups is 1. The Labute approximate surface area is 211 Å². The van der Waals surface area contributed by atoms with Gasteiger partial charge >= 0.3 is 6.03 Å². The van der Waals surface area contributed by atoms with Gasteiger partial charge in [-0.25, -0.2) is 4.79 Å². The number of carbonyl (C=O) groups is 6. The zero-order valence-electron chi connectivity index (χ0n) is 20.0. The maximum atomic E-state index is 12.5. The Morgan fingerprint density at radius 1 is 1.00 bits per heavy atom. The minimum Gasteiger partial charge on any atom is -0.391 e. The van der Waals surface area contributed by atoms with Gasteiger partial charge in [-0.2, -0.15) is 11.8 Å². The van der Waals surface area contributed by atoms with Crippen molar-refractivity contribution in [3.8, 4) is 0 Å². The van der Waals surface area contributed by atoms with Gasteiger partial charge in [-0.05, 0) is 13.2 Å². The van der Waals surface area contributed by atoms with Gasteiger partial charge in [0.2, 0.25) is 17.7 Å². The van der Waals surface area contributed by atoms with Crippen molar-refractivity contribution in [2.24, 2.45) is 5.73 Å². The third-order valence-corrected chi connectivity index (χ3v) is 5.19. The maximum absolute atomic E-state index is 12.5. The van der Waals surface area contributed by atoms with Crippen molar-refractivity contribution in [2.45, 2.75) is 37.6 Å². The molecule has 36 heavy (non-hydrogen) atoms. The van der Waals surface area contributed by atoms with Crippen LogP contribution in [0.25, 0.3) is 0 Å². The van der Waals surface area contributed by atoms with Gasteiger partial charge in [0.05, 0.1) is 32.3 Å². The summed E-state index contributed by atoms with van der Waals surface area (Å²) in [6.07, 6.45) is -0.245. The Hall–Kier alpha value is -3.15. The molecule has 1 rings (SSSR count). The molecule has 1 aliphatic rings.